The maximum Gasteiger partial charge on any atom is 0.306 e. The van der Waals surface area contributed by atoms with Crippen molar-refractivity contribution in [2.75, 3.05) is 19.0 Å². The predicted octanol–water partition coefficient (Wildman–Crippen LogP) is 8.12. The number of hydrogen-bond donors (Lipinski definition) is 4. The fraction of sp³-hybridized carbons (Fsp3) is 0.951. The van der Waals surface area contributed by atoms with Crippen molar-refractivity contribution < 1.29 is 56.8 Å². The highest BCUT2D eigenvalue weighted by Gasteiger charge is 2.46. The lowest BCUT2D eigenvalue weighted by atomic mass is 10.00. The van der Waals surface area contributed by atoms with Gasteiger partial charge in [-0.25, -0.2) is 0 Å². The first kappa shape index (κ1) is 50.7. The molecule has 0 spiro atoms. The summed E-state index contributed by atoms with van der Waals surface area (Å²) in [5.41, 5.74) is 0. The monoisotopic (exact) mass is 795 g/mol. The summed E-state index contributed by atoms with van der Waals surface area (Å²) in [5, 5.41) is 30.8. The van der Waals surface area contributed by atoms with E-state index >= 15 is 0 Å². The van der Waals surface area contributed by atoms with Gasteiger partial charge >= 0.3 is 11.9 Å². The van der Waals surface area contributed by atoms with E-state index < -0.39 is 71.2 Å². The second kappa shape index (κ2) is 32.7. The van der Waals surface area contributed by atoms with E-state index in [1.54, 1.807) is 0 Å². The summed E-state index contributed by atoms with van der Waals surface area (Å²) in [6.07, 6.45) is 21.6. The average molecular weight is 795 g/mol. The first-order valence-electron chi connectivity index (χ1n) is 21.6. The third-order valence-corrected chi connectivity index (χ3v) is 10.9. The van der Waals surface area contributed by atoms with Crippen LogP contribution in [-0.4, -0.2) is 96.0 Å². The van der Waals surface area contributed by atoms with Gasteiger partial charge in [0.1, 0.15) is 36.8 Å². The van der Waals surface area contributed by atoms with Gasteiger partial charge in [-0.3, -0.25) is 14.1 Å². The van der Waals surface area contributed by atoms with Crippen LogP contribution in [0.3, 0.4) is 0 Å². The van der Waals surface area contributed by atoms with E-state index in [2.05, 4.69) is 13.8 Å². The number of unbranched alkanes of at least 4 members (excludes halogenated alkanes) is 24. The summed E-state index contributed by atoms with van der Waals surface area (Å²) in [6, 6.07) is 0. The van der Waals surface area contributed by atoms with Gasteiger partial charge in [-0.15, -0.1) is 0 Å². The Hall–Kier alpha value is -1.35. The smallest absolute Gasteiger partial charge is 0.306 e. The molecule has 0 radical (unpaired) electrons. The summed E-state index contributed by atoms with van der Waals surface area (Å²) in [7, 11) is -4.59. The summed E-state index contributed by atoms with van der Waals surface area (Å²) >= 11 is 0. The Morgan fingerprint density at radius 1 is 0.556 bits per heavy atom. The molecule has 0 bridgehead atoms. The zero-order valence-corrected chi connectivity index (χ0v) is 34.7. The molecule has 1 aliphatic rings. The minimum absolute atomic E-state index is 0.172. The molecule has 1 saturated heterocycles. The molecule has 2 unspecified atom stereocenters. The van der Waals surface area contributed by atoms with Gasteiger partial charge in [0.05, 0.1) is 6.61 Å². The first-order valence-corrected chi connectivity index (χ1v) is 23.2. The van der Waals surface area contributed by atoms with Crippen LogP contribution in [0.25, 0.3) is 0 Å². The van der Waals surface area contributed by atoms with E-state index in [0.717, 1.165) is 38.5 Å². The third-order valence-electron chi connectivity index (χ3n) is 10.2. The first-order chi connectivity index (χ1) is 26.0. The zero-order valence-electron chi connectivity index (χ0n) is 33.8. The molecule has 0 saturated carbocycles. The van der Waals surface area contributed by atoms with E-state index in [4.69, 9.17) is 18.9 Å². The third kappa shape index (κ3) is 27.3. The van der Waals surface area contributed by atoms with Crippen LogP contribution in [0.5, 0.6) is 0 Å². The van der Waals surface area contributed by atoms with E-state index in [0.29, 0.717) is 12.8 Å². The standard InChI is InChI=1S/C41H78O12S/c1-3-5-7-9-11-13-15-16-17-18-19-20-22-24-26-28-30-37(43)52-34(31-50-36(42)29-27-25-23-21-14-12-10-8-6-4-2)32-51-41-40(46)39(45)38(44)35(53-41)33-54(47,48)49/h34-35,38-41,44-46H,3-33H2,1-2H3,(H,47,48,49)/t34-,35-,38-,39?,40?,41+/m1/s1. The minimum Gasteiger partial charge on any atom is -0.462 e. The average Bonchev–Trinajstić information content (AvgIpc) is 3.13. The van der Waals surface area contributed by atoms with Gasteiger partial charge in [0.15, 0.2) is 12.4 Å². The van der Waals surface area contributed by atoms with Gasteiger partial charge in [0, 0.05) is 12.8 Å². The number of rotatable bonds is 36. The van der Waals surface area contributed by atoms with Crippen molar-refractivity contribution in [3.8, 4) is 0 Å². The molecule has 54 heavy (non-hydrogen) atoms. The van der Waals surface area contributed by atoms with Crippen LogP contribution in [0.2, 0.25) is 0 Å². The van der Waals surface area contributed by atoms with Gasteiger partial charge in [-0.05, 0) is 12.8 Å². The Kier molecular flexibility index (Phi) is 30.7. The van der Waals surface area contributed by atoms with Crippen LogP contribution in [0.4, 0.5) is 0 Å². The molecule has 0 amide bonds. The van der Waals surface area contributed by atoms with Gasteiger partial charge in [-0.2, -0.15) is 8.42 Å². The van der Waals surface area contributed by atoms with Crippen molar-refractivity contribution in [2.45, 2.75) is 230 Å². The highest BCUT2D eigenvalue weighted by Crippen LogP contribution is 2.24. The van der Waals surface area contributed by atoms with Crippen molar-refractivity contribution in [3.05, 3.63) is 0 Å². The molecule has 1 aliphatic heterocycles. The molecule has 0 aromatic rings. The van der Waals surface area contributed by atoms with Crippen molar-refractivity contribution in [1.82, 2.24) is 0 Å². The minimum atomic E-state index is -4.59. The maximum atomic E-state index is 12.8. The Bertz CT molecular complexity index is 1030. The summed E-state index contributed by atoms with van der Waals surface area (Å²) in [6.45, 7) is 3.75. The van der Waals surface area contributed by atoms with Gasteiger partial charge in [0.2, 0.25) is 0 Å². The second-order valence-electron chi connectivity index (χ2n) is 15.4. The molecular weight excluding hydrogens is 717 g/mol. The molecule has 0 aromatic heterocycles. The fourth-order valence-electron chi connectivity index (χ4n) is 6.79. The Labute approximate surface area is 327 Å². The largest absolute Gasteiger partial charge is 0.462 e. The van der Waals surface area contributed by atoms with Gasteiger partial charge in [0.25, 0.3) is 10.1 Å². The van der Waals surface area contributed by atoms with Crippen LogP contribution in [0.15, 0.2) is 0 Å². The fourth-order valence-corrected chi connectivity index (χ4v) is 7.49. The molecule has 320 valence electrons. The number of esters is 2. The van der Waals surface area contributed by atoms with Crippen LogP contribution in [0, 0.1) is 0 Å². The lowest BCUT2D eigenvalue weighted by Gasteiger charge is -2.40. The highest BCUT2D eigenvalue weighted by atomic mass is 32.2. The normalized spacial score (nSPS) is 20.9. The lowest BCUT2D eigenvalue weighted by Crippen LogP contribution is -2.60. The molecule has 1 fully saturated rings. The van der Waals surface area contributed by atoms with Crippen molar-refractivity contribution in [1.29, 1.82) is 0 Å². The van der Waals surface area contributed by atoms with E-state index in [-0.39, 0.29) is 19.4 Å². The van der Waals surface area contributed by atoms with Crippen molar-refractivity contribution in [2.24, 2.45) is 0 Å². The quantitative estimate of drug-likeness (QED) is 0.0272. The molecule has 0 aromatic carbocycles. The second-order valence-corrected chi connectivity index (χ2v) is 16.9. The Balaban J connectivity index is 2.45. The van der Waals surface area contributed by atoms with Crippen LogP contribution >= 0.6 is 0 Å². The van der Waals surface area contributed by atoms with Gasteiger partial charge < -0.3 is 34.3 Å². The number of hydrogen-bond acceptors (Lipinski definition) is 11. The molecule has 1 heterocycles. The SMILES string of the molecule is CCCCCCCCCCCCCCCCCCC(=O)O[C@H](COC(=O)CCCCCCCCCCCC)CO[C@H]1O[C@H](CS(=O)(=O)O)[C@@H](O)C(O)C1O. The van der Waals surface area contributed by atoms with E-state index in [1.165, 1.54) is 116 Å². The molecule has 1 rings (SSSR count). The van der Waals surface area contributed by atoms with Crippen LogP contribution in [0.1, 0.15) is 194 Å². The van der Waals surface area contributed by atoms with Crippen molar-refractivity contribution >= 4 is 22.1 Å². The Morgan fingerprint density at radius 2 is 0.944 bits per heavy atom. The van der Waals surface area contributed by atoms with Crippen LogP contribution < -0.4 is 0 Å². The van der Waals surface area contributed by atoms with Gasteiger partial charge in [-0.1, -0.05) is 168 Å². The zero-order chi connectivity index (χ0) is 39.9. The summed E-state index contributed by atoms with van der Waals surface area (Å²) in [5.74, 6) is -1.97. The molecule has 6 atom stereocenters. The summed E-state index contributed by atoms with van der Waals surface area (Å²) < 4.78 is 53.9. The molecule has 13 heteroatoms. The number of ether oxygens (including phenoxy) is 4. The predicted molar refractivity (Wildman–Crippen MR) is 211 cm³/mol. The van der Waals surface area contributed by atoms with E-state index in [1.807, 2.05) is 0 Å². The maximum absolute atomic E-state index is 12.8. The molecule has 0 aliphatic carbocycles. The number of aliphatic hydroxyl groups is 3. The molecule has 4 N–H and O–H groups in total. The topological polar surface area (TPSA) is 186 Å². The number of aliphatic hydroxyl groups excluding tert-OH is 3. The summed E-state index contributed by atoms with van der Waals surface area (Å²) in [4.78, 5) is 25.3. The lowest BCUT2D eigenvalue weighted by molar-refractivity contribution is -0.297. The number of carbonyl (C=O) groups is 2. The van der Waals surface area contributed by atoms with Crippen molar-refractivity contribution in [3.63, 3.8) is 0 Å². The highest BCUT2D eigenvalue weighted by molar-refractivity contribution is 7.85. The molecule has 12 nitrogen and oxygen atoms in total. The molecular formula is C41H78O12S. The van der Waals surface area contributed by atoms with Crippen LogP contribution in [-0.2, 0) is 38.7 Å². The Morgan fingerprint density at radius 3 is 1.35 bits per heavy atom. The number of carbonyl (C=O) groups excluding carboxylic acids is 2. The van der Waals surface area contributed by atoms with E-state index in [9.17, 15) is 37.9 Å².